The van der Waals surface area contributed by atoms with Gasteiger partial charge >= 0.3 is 0 Å². The fourth-order valence-electron chi connectivity index (χ4n) is 4.84. The number of methoxy groups -OCH3 is 1. The van der Waals surface area contributed by atoms with Gasteiger partial charge in [-0.15, -0.1) is 0 Å². The maximum atomic E-state index is 13.5. The summed E-state index contributed by atoms with van der Waals surface area (Å²) in [7, 11) is 1.56. The number of likely N-dealkylation sites (tertiary alicyclic amines) is 1. The van der Waals surface area contributed by atoms with E-state index in [1.807, 2.05) is 62.4 Å². The minimum Gasteiger partial charge on any atom is -0.507 e. The number of Topliss-reactive ketones (excluding diaryl/α,β-unsaturated/α-hetero) is 1. The number of unbranched alkanes of at least 4 members (excludes halogenated alkanes) is 2. The van der Waals surface area contributed by atoms with Gasteiger partial charge in [-0.1, -0.05) is 50.1 Å². The summed E-state index contributed by atoms with van der Waals surface area (Å²) in [6.07, 6.45) is 3.11. The largest absolute Gasteiger partial charge is 0.507 e. The molecule has 7 nitrogen and oxygen atoms in total. The highest BCUT2D eigenvalue weighted by atomic mass is 16.5. The van der Waals surface area contributed by atoms with Crippen LogP contribution < -0.4 is 14.2 Å². The molecule has 40 heavy (non-hydrogen) atoms. The third-order valence-electron chi connectivity index (χ3n) is 6.76. The Balaban J connectivity index is 1.75. The molecule has 4 rings (SSSR count). The lowest BCUT2D eigenvalue weighted by molar-refractivity contribution is -0.140. The Morgan fingerprint density at radius 3 is 2.40 bits per heavy atom. The molecule has 3 aromatic rings. The summed E-state index contributed by atoms with van der Waals surface area (Å²) in [4.78, 5) is 28.4. The van der Waals surface area contributed by atoms with Crippen molar-refractivity contribution in [1.82, 2.24) is 4.90 Å². The van der Waals surface area contributed by atoms with Crippen LogP contribution in [0.2, 0.25) is 0 Å². The lowest BCUT2D eigenvalue weighted by Gasteiger charge is -2.26. The third-order valence-corrected chi connectivity index (χ3v) is 6.76. The molecule has 0 radical (unpaired) electrons. The van der Waals surface area contributed by atoms with E-state index >= 15 is 0 Å². The zero-order chi connectivity index (χ0) is 28.6. The molecule has 7 heteroatoms. The molecule has 0 aromatic heterocycles. The molecule has 1 heterocycles. The highest BCUT2D eigenvalue weighted by Crippen LogP contribution is 2.42. The van der Waals surface area contributed by atoms with Crippen LogP contribution in [-0.2, 0) is 16.1 Å². The highest BCUT2D eigenvalue weighted by Gasteiger charge is 2.46. The third kappa shape index (κ3) is 6.47. The van der Waals surface area contributed by atoms with Crippen LogP contribution in [0.25, 0.3) is 5.76 Å². The van der Waals surface area contributed by atoms with Gasteiger partial charge in [0.25, 0.3) is 11.7 Å². The number of carbonyl (C=O) groups excluding carboxylic acids is 2. The molecular weight excluding hydrogens is 506 g/mol. The summed E-state index contributed by atoms with van der Waals surface area (Å²) in [5.41, 5.74) is 1.86. The van der Waals surface area contributed by atoms with Crippen LogP contribution >= 0.6 is 0 Å². The number of rotatable bonds is 12. The van der Waals surface area contributed by atoms with Crippen molar-refractivity contribution in [3.63, 3.8) is 0 Å². The number of carbonyl (C=O) groups is 2. The van der Waals surface area contributed by atoms with Crippen molar-refractivity contribution in [3.8, 4) is 17.2 Å². The smallest absolute Gasteiger partial charge is 0.295 e. The normalized spacial score (nSPS) is 16.4. The molecule has 1 aliphatic rings. The summed E-state index contributed by atoms with van der Waals surface area (Å²) in [5.74, 6) is 0.225. The van der Waals surface area contributed by atoms with E-state index in [9.17, 15) is 14.7 Å². The van der Waals surface area contributed by atoms with E-state index in [-0.39, 0.29) is 24.0 Å². The number of benzene rings is 3. The van der Waals surface area contributed by atoms with Gasteiger partial charge in [0.2, 0.25) is 0 Å². The predicted octanol–water partition coefficient (Wildman–Crippen LogP) is 6.67. The molecule has 0 saturated carbocycles. The Labute approximate surface area is 236 Å². The van der Waals surface area contributed by atoms with E-state index in [2.05, 4.69) is 6.92 Å². The molecular formula is C33H37NO6. The van der Waals surface area contributed by atoms with Crippen LogP contribution in [0.5, 0.6) is 17.2 Å². The monoisotopic (exact) mass is 543 g/mol. The first-order valence-corrected chi connectivity index (χ1v) is 13.7. The molecule has 1 unspecified atom stereocenters. The first kappa shape index (κ1) is 28.7. The van der Waals surface area contributed by atoms with Crippen LogP contribution in [0.4, 0.5) is 0 Å². The zero-order valence-corrected chi connectivity index (χ0v) is 23.6. The lowest BCUT2D eigenvalue weighted by atomic mass is 9.95. The van der Waals surface area contributed by atoms with Crippen LogP contribution in [0.3, 0.4) is 0 Å². The number of nitrogens with zero attached hydrogens (tertiary/aromatic N) is 1. The summed E-state index contributed by atoms with van der Waals surface area (Å²) >= 11 is 0. The van der Waals surface area contributed by atoms with E-state index in [1.54, 1.807) is 31.4 Å². The van der Waals surface area contributed by atoms with Crippen molar-refractivity contribution in [2.24, 2.45) is 0 Å². The second-order valence-electron chi connectivity index (χ2n) is 10.1. The molecule has 1 aliphatic heterocycles. The molecule has 210 valence electrons. The van der Waals surface area contributed by atoms with Crippen LogP contribution in [0.15, 0.2) is 78.4 Å². The van der Waals surface area contributed by atoms with Crippen molar-refractivity contribution in [2.75, 3.05) is 13.7 Å². The Hall–Kier alpha value is -4.26. The van der Waals surface area contributed by atoms with Crippen LogP contribution in [0, 0.1) is 0 Å². The molecule has 1 saturated heterocycles. The molecule has 0 bridgehead atoms. The van der Waals surface area contributed by atoms with Crippen LogP contribution in [0.1, 0.15) is 62.8 Å². The molecule has 1 amide bonds. The number of amides is 1. The Bertz CT molecular complexity index is 1360. The van der Waals surface area contributed by atoms with Gasteiger partial charge in [-0.05, 0) is 68.3 Å². The Morgan fingerprint density at radius 1 is 0.950 bits per heavy atom. The van der Waals surface area contributed by atoms with Crippen molar-refractivity contribution >= 4 is 17.4 Å². The summed E-state index contributed by atoms with van der Waals surface area (Å²) in [6, 6.07) is 20.8. The topological polar surface area (TPSA) is 85.3 Å². The van der Waals surface area contributed by atoms with Crippen molar-refractivity contribution < 1.29 is 28.9 Å². The standard InChI is InChI=1S/C33H37NO6/c1-5-6-9-19-39-26-17-15-23(16-18-26)31(35)29-30(24-12-10-13-27(20-24)40-22(2)3)34(33(37)32(29)36)21-25-11-7-8-14-28(25)38-4/h7-8,10-18,20,22,30,35H,5-6,9,19,21H2,1-4H3/b31-29-. The summed E-state index contributed by atoms with van der Waals surface area (Å²) in [5, 5.41) is 11.5. The Morgan fingerprint density at radius 2 is 1.70 bits per heavy atom. The first-order chi connectivity index (χ1) is 19.3. The van der Waals surface area contributed by atoms with E-state index < -0.39 is 17.7 Å². The predicted molar refractivity (Wildman–Crippen MR) is 155 cm³/mol. The number of para-hydroxylation sites is 1. The van der Waals surface area contributed by atoms with Gasteiger partial charge in [-0.25, -0.2) is 0 Å². The molecule has 3 aromatic carbocycles. The zero-order valence-electron chi connectivity index (χ0n) is 23.6. The van der Waals surface area contributed by atoms with E-state index in [0.29, 0.717) is 35.0 Å². The maximum Gasteiger partial charge on any atom is 0.295 e. The second kappa shape index (κ2) is 13.2. The van der Waals surface area contributed by atoms with Crippen molar-refractivity contribution in [1.29, 1.82) is 0 Å². The number of aliphatic hydroxyl groups is 1. The van der Waals surface area contributed by atoms with Gasteiger partial charge in [0.15, 0.2) is 0 Å². The average Bonchev–Trinajstić information content (AvgIpc) is 3.20. The summed E-state index contributed by atoms with van der Waals surface area (Å²) in [6.45, 7) is 6.73. The minimum atomic E-state index is -0.828. The fourth-order valence-corrected chi connectivity index (χ4v) is 4.84. The SMILES string of the molecule is CCCCCOc1ccc(/C(O)=C2/C(=O)C(=O)N(Cc3ccccc3OC)C2c2cccc(OC(C)C)c2)cc1. The molecule has 0 spiro atoms. The second-order valence-corrected chi connectivity index (χ2v) is 10.1. The van der Waals surface area contributed by atoms with Gasteiger partial charge < -0.3 is 24.2 Å². The van der Waals surface area contributed by atoms with E-state index in [4.69, 9.17) is 14.2 Å². The number of aliphatic hydroxyl groups excluding tert-OH is 1. The van der Waals surface area contributed by atoms with Gasteiger partial charge in [0.05, 0.1) is 38.0 Å². The molecule has 1 atom stereocenters. The summed E-state index contributed by atoms with van der Waals surface area (Å²) < 4.78 is 17.2. The number of ether oxygens (including phenoxy) is 3. The maximum absolute atomic E-state index is 13.5. The van der Waals surface area contributed by atoms with E-state index in [1.165, 1.54) is 4.90 Å². The Kier molecular flexibility index (Phi) is 9.48. The van der Waals surface area contributed by atoms with Crippen LogP contribution in [-0.4, -0.2) is 41.5 Å². The highest BCUT2D eigenvalue weighted by molar-refractivity contribution is 6.46. The number of ketones is 1. The average molecular weight is 544 g/mol. The fraction of sp³-hybridized carbons (Fsp3) is 0.333. The van der Waals surface area contributed by atoms with Gasteiger partial charge in [0, 0.05) is 11.1 Å². The van der Waals surface area contributed by atoms with Gasteiger partial charge in [-0.2, -0.15) is 0 Å². The first-order valence-electron chi connectivity index (χ1n) is 13.7. The quantitative estimate of drug-likeness (QED) is 0.119. The number of hydrogen-bond donors (Lipinski definition) is 1. The van der Waals surface area contributed by atoms with Crippen molar-refractivity contribution in [3.05, 3.63) is 95.1 Å². The molecule has 1 fully saturated rings. The van der Waals surface area contributed by atoms with Gasteiger partial charge in [0.1, 0.15) is 23.0 Å². The minimum absolute atomic E-state index is 0.0261. The van der Waals surface area contributed by atoms with Gasteiger partial charge in [-0.3, -0.25) is 9.59 Å². The molecule has 1 N–H and O–H groups in total. The number of hydrogen-bond acceptors (Lipinski definition) is 6. The lowest BCUT2D eigenvalue weighted by Crippen LogP contribution is -2.29. The molecule has 0 aliphatic carbocycles. The van der Waals surface area contributed by atoms with E-state index in [0.717, 1.165) is 24.8 Å². The van der Waals surface area contributed by atoms with Crippen molar-refractivity contribution in [2.45, 2.75) is 58.7 Å².